The summed E-state index contributed by atoms with van der Waals surface area (Å²) in [5.41, 5.74) is 5.89. The van der Waals surface area contributed by atoms with Crippen molar-refractivity contribution in [2.24, 2.45) is 5.73 Å². The molecule has 0 aliphatic heterocycles. The van der Waals surface area contributed by atoms with Crippen molar-refractivity contribution in [2.75, 3.05) is 0 Å². The number of aliphatic carboxylic acids is 1. The van der Waals surface area contributed by atoms with Crippen molar-refractivity contribution < 1.29 is 14.7 Å². The summed E-state index contributed by atoms with van der Waals surface area (Å²) >= 11 is 0. The topological polar surface area (TPSA) is 109 Å². The Kier molecular flexibility index (Phi) is 3.56. The van der Waals surface area contributed by atoms with Gasteiger partial charge in [-0.3, -0.25) is 9.59 Å². The van der Waals surface area contributed by atoms with Crippen molar-refractivity contribution in [2.45, 2.75) is 25.8 Å². The van der Waals surface area contributed by atoms with E-state index < -0.39 is 12.0 Å². The maximum absolute atomic E-state index is 11.2. The minimum atomic E-state index is -1.08. The van der Waals surface area contributed by atoms with Gasteiger partial charge in [0.15, 0.2) is 11.6 Å². The number of carboxylic acid groups (broad SMARTS) is 1. The van der Waals surface area contributed by atoms with Crippen LogP contribution in [-0.2, 0) is 11.2 Å². The molecule has 6 heteroatoms. The third-order valence-corrected chi connectivity index (χ3v) is 1.97. The van der Waals surface area contributed by atoms with Crippen molar-refractivity contribution in [1.82, 2.24) is 9.97 Å². The fraction of sp³-hybridized carbons (Fsp3) is 0.444. The van der Waals surface area contributed by atoms with E-state index in [2.05, 4.69) is 9.97 Å². The number of ketones is 1. The van der Waals surface area contributed by atoms with Crippen LogP contribution >= 0.6 is 0 Å². The number of aromatic nitrogens is 2. The van der Waals surface area contributed by atoms with Gasteiger partial charge in [0.25, 0.3) is 0 Å². The summed E-state index contributed by atoms with van der Waals surface area (Å²) in [7, 11) is 0. The molecule has 0 saturated carbocycles. The Balaban J connectivity index is 2.68. The number of carbonyl (C=O) groups excluding carboxylic acids is 1. The molecular weight excluding hydrogens is 198 g/mol. The Labute approximate surface area is 86.5 Å². The average Bonchev–Trinajstić information content (AvgIpc) is 2.65. The highest BCUT2D eigenvalue weighted by molar-refractivity contribution is 5.92. The number of rotatable bonds is 5. The Morgan fingerprint density at radius 2 is 2.33 bits per heavy atom. The maximum Gasteiger partial charge on any atom is 0.320 e. The standard InChI is InChI=1S/C9H13N3O3/c1-2-7(13)8-11-4-5(12-8)3-6(10)9(14)15/h4,6H,2-3,10H2,1H3,(H,11,12)(H,14,15). The number of carbonyl (C=O) groups is 2. The molecule has 1 atom stereocenters. The summed E-state index contributed by atoms with van der Waals surface area (Å²) in [6.07, 6.45) is 1.93. The first-order valence-corrected chi connectivity index (χ1v) is 4.60. The first-order chi connectivity index (χ1) is 7.04. The lowest BCUT2D eigenvalue weighted by Crippen LogP contribution is -2.32. The van der Waals surface area contributed by atoms with E-state index in [4.69, 9.17) is 10.8 Å². The number of carboxylic acids is 1. The van der Waals surface area contributed by atoms with Crippen LogP contribution in [0.3, 0.4) is 0 Å². The lowest BCUT2D eigenvalue weighted by Gasteiger charge is -2.02. The van der Waals surface area contributed by atoms with Crippen LogP contribution in [0.2, 0.25) is 0 Å². The van der Waals surface area contributed by atoms with Gasteiger partial charge < -0.3 is 15.8 Å². The quantitative estimate of drug-likeness (QED) is 0.592. The molecule has 0 spiro atoms. The summed E-state index contributed by atoms with van der Waals surface area (Å²) < 4.78 is 0. The zero-order chi connectivity index (χ0) is 11.4. The molecule has 1 heterocycles. The molecule has 0 amide bonds. The van der Waals surface area contributed by atoms with Crippen LogP contribution in [-0.4, -0.2) is 32.9 Å². The van der Waals surface area contributed by atoms with E-state index in [0.29, 0.717) is 12.1 Å². The molecule has 1 unspecified atom stereocenters. The van der Waals surface area contributed by atoms with Crippen LogP contribution in [0.5, 0.6) is 0 Å². The third-order valence-electron chi connectivity index (χ3n) is 1.97. The van der Waals surface area contributed by atoms with Gasteiger partial charge in [-0.2, -0.15) is 0 Å². The molecule has 0 aliphatic carbocycles. The Morgan fingerprint density at radius 1 is 1.67 bits per heavy atom. The smallest absolute Gasteiger partial charge is 0.320 e. The van der Waals surface area contributed by atoms with E-state index in [1.165, 1.54) is 6.20 Å². The average molecular weight is 211 g/mol. The zero-order valence-electron chi connectivity index (χ0n) is 8.36. The number of imidazole rings is 1. The summed E-state index contributed by atoms with van der Waals surface area (Å²) in [5.74, 6) is -0.928. The molecule has 1 aromatic heterocycles. The van der Waals surface area contributed by atoms with Crippen LogP contribution in [0.4, 0.5) is 0 Å². The monoisotopic (exact) mass is 211 g/mol. The highest BCUT2D eigenvalue weighted by atomic mass is 16.4. The lowest BCUT2D eigenvalue weighted by molar-refractivity contribution is -0.138. The van der Waals surface area contributed by atoms with E-state index >= 15 is 0 Å². The first-order valence-electron chi connectivity index (χ1n) is 4.60. The molecule has 1 aromatic rings. The first kappa shape index (κ1) is 11.4. The number of nitrogens with one attached hydrogen (secondary N) is 1. The molecule has 1 rings (SSSR count). The van der Waals surface area contributed by atoms with Crippen molar-refractivity contribution in [1.29, 1.82) is 0 Å². The lowest BCUT2D eigenvalue weighted by atomic mass is 10.2. The minimum Gasteiger partial charge on any atom is -0.480 e. The summed E-state index contributed by atoms with van der Waals surface area (Å²) in [5, 5.41) is 8.58. The molecule has 82 valence electrons. The van der Waals surface area contributed by atoms with Gasteiger partial charge in [0, 0.05) is 24.7 Å². The van der Waals surface area contributed by atoms with Crippen LogP contribution in [0.25, 0.3) is 0 Å². The summed E-state index contributed by atoms with van der Waals surface area (Å²) in [6.45, 7) is 1.73. The molecular formula is C9H13N3O3. The number of H-pyrrole nitrogens is 1. The molecule has 4 N–H and O–H groups in total. The fourth-order valence-corrected chi connectivity index (χ4v) is 1.10. The molecule has 0 bridgehead atoms. The summed E-state index contributed by atoms with van der Waals surface area (Å²) in [4.78, 5) is 28.3. The van der Waals surface area contributed by atoms with Gasteiger partial charge in [0.2, 0.25) is 0 Å². The second-order valence-corrected chi connectivity index (χ2v) is 3.18. The van der Waals surface area contributed by atoms with Crippen molar-refractivity contribution in [3.05, 3.63) is 17.7 Å². The van der Waals surface area contributed by atoms with Gasteiger partial charge >= 0.3 is 5.97 Å². The second-order valence-electron chi connectivity index (χ2n) is 3.18. The number of hydrogen-bond donors (Lipinski definition) is 3. The normalized spacial score (nSPS) is 12.4. The van der Waals surface area contributed by atoms with E-state index in [1.54, 1.807) is 6.92 Å². The second kappa shape index (κ2) is 4.70. The van der Waals surface area contributed by atoms with E-state index in [1.807, 2.05) is 0 Å². The number of nitrogens with two attached hydrogens (primary N) is 1. The number of Topliss-reactive ketones (excluding diaryl/α,β-unsaturated/α-hetero) is 1. The number of aromatic amines is 1. The van der Waals surface area contributed by atoms with Gasteiger partial charge in [-0.1, -0.05) is 6.92 Å². The van der Waals surface area contributed by atoms with Crippen molar-refractivity contribution >= 4 is 11.8 Å². The molecule has 0 radical (unpaired) electrons. The molecule has 15 heavy (non-hydrogen) atoms. The molecule has 0 aliphatic rings. The molecule has 0 saturated heterocycles. The van der Waals surface area contributed by atoms with Gasteiger partial charge in [-0.15, -0.1) is 0 Å². The Hall–Kier alpha value is -1.69. The van der Waals surface area contributed by atoms with Gasteiger partial charge in [0.1, 0.15) is 6.04 Å². The predicted octanol–water partition coefficient (Wildman–Crippen LogP) is -0.0432. The molecule has 0 aromatic carbocycles. The molecule has 6 nitrogen and oxygen atoms in total. The summed E-state index contributed by atoms with van der Waals surface area (Å²) in [6, 6.07) is -0.977. The van der Waals surface area contributed by atoms with E-state index in [-0.39, 0.29) is 18.0 Å². The highest BCUT2D eigenvalue weighted by Crippen LogP contribution is 2.02. The van der Waals surface area contributed by atoms with Crippen LogP contribution in [0, 0.1) is 0 Å². The highest BCUT2D eigenvalue weighted by Gasteiger charge is 2.15. The Morgan fingerprint density at radius 3 is 2.87 bits per heavy atom. The fourth-order valence-electron chi connectivity index (χ4n) is 1.10. The SMILES string of the molecule is CCC(=O)c1ncc(CC(N)C(=O)O)[nH]1. The van der Waals surface area contributed by atoms with E-state index in [9.17, 15) is 9.59 Å². The van der Waals surface area contributed by atoms with Crippen LogP contribution in [0.1, 0.15) is 29.7 Å². The predicted molar refractivity (Wildman–Crippen MR) is 52.5 cm³/mol. The number of hydrogen-bond acceptors (Lipinski definition) is 4. The maximum atomic E-state index is 11.2. The van der Waals surface area contributed by atoms with Crippen molar-refractivity contribution in [3.8, 4) is 0 Å². The third kappa shape index (κ3) is 2.88. The van der Waals surface area contributed by atoms with Crippen LogP contribution < -0.4 is 5.73 Å². The zero-order valence-corrected chi connectivity index (χ0v) is 8.36. The van der Waals surface area contributed by atoms with Crippen LogP contribution in [0.15, 0.2) is 6.20 Å². The minimum absolute atomic E-state index is 0.106. The largest absolute Gasteiger partial charge is 0.480 e. The van der Waals surface area contributed by atoms with Gasteiger partial charge in [0.05, 0.1) is 0 Å². The van der Waals surface area contributed by atoms with E-state index in [0.717, 1.165) is 0 Å². The number of nitrogens with zero attached hydrogens (tertiary/aromatic N) is 1. The van der Waals surface area contributed by atoms with Gasteiger partial charge in [-0.05, 0) is 0 Å². The van der Waals surface area contributed by atoms with Crippen molar-refractivity contribution in [3.63, 3.8) is 0 Å². The van der Waals surface area contributed by atoms with Gasteiger partial charge in [-0.25, -0.2) is 4.98 Å². The Bertz CT molecular complexity index is 372. The molecule has 0 fully saturated rings.